The van der Waals surface area contributed by atoms with Gasteiger partial charge in [0.05, 0.1) is 11.7 Å². The van der Waals surface area contributed by atoms with E-state index in [1.54, 1.807) is 0 Å². The molecule has 0 aliphatic carbocycles. The minimum absolute atomic E-state index is 0.0943. The molecule has 0 aromatic carbocycles. The topological polar surface area (TPSA) is 67.2 Å². The number of nitrogens with one attached hydrogen (secondary N) is 2. The van der Waals surface area contributed by atoms with Crippen LogP contribution in [0.3, 0.4) is 0 Å². The number of amides is 2. The van der Waals surface area contributed by atoms with Crippen LogP contribution in [-0.4, -0.2) is 17.7 Å². The van der Waals surface area contributed by atoms with E-state index < -0.39 is 0 Å². The molecule has 0 radical (unpaired) electrons. The number of hydrogen-bond acceptors (Lipinski definition) is 3. The van der Waals surface area contributed by atoms with Crippen molar-refractivity contribution in [1.29, 1.82) is 0 Å². The third-order valence-corrected chi connectivity index (χ3v) is 2.40. The quantitative estimate of drug-likeness (QED) is 0.824. The lowest BCUT2D eigenvalue weighted by Gasteiger charge is -2.14. The Hall–Kier alpha value is -1.52. The number of rotatable bonds is 4. The van der Waals surface area contributed by atoms with Gasteiger partial charge in [-0.05, 0) is 27.2 Å². The molecule has 90 valence electrons. The molecule has 0 spiro atoms. The fourth-order valence-corrected chi connectivity index (χ4v) is 1.67. The summed E-state index contributed by atoms with van der Waals surface area (Å²) in [5.41, 5.74) is 1.77. The van der Waals surface area contributed by atoms with Gasteiger partial charge in [0, 0.05) is 12.1 Å². The Balaban J connectivity index is 2.58. The molecule has 1 rings (SSSR count). The molecule has 1 aromatic heterocycles. The van der Waals surface area contributed by atoms with Gasteiger partial charge >= 0.3 is 6.03 Å². The van der Waals surface area contributed by atoms with E-state index in [0.717, 1.165) is 23.4 Å². The van der Waals surface area contributed by atoms with Gasteiger partial charge in [0.2, 0.25) is 0 Å². The second-order valence-corrected chi connectivity index (χ2v) is 3.86. The van der Waals surface area contributed by atoms with Crippen molar-refractivity contribution in [3.8, 4) is 0 Å². The summed E-state index contributed by atoms with van der Waals surface area (Å²) in [6.45, 7) is 8.32. The fourth-order valence-electron chi connectivity index (χ4n) is 1.67. The first kappa shape index (κ1) is 12.5. The van der Waals surface area contributed by atoms with E-state index in [1.807, 2.05) is 27.7 Å². The van der Waals surface area contributed by atoms with Crippen LogP contribution in [0, 0.1) is 13.8 Å². The summed E-state index contributed by atoms with van der Waals surface area (Å²) in [5, 5.41) is 9.47. The summed E-state index contributed by atoms with van der Waals surface area (Å²) in [6, 6.07) is -0.252. The van der Waals surface area contributed by atoms with Crippen LogP contribution in [0.25, 0.3) is 0 Å². The molecule has 2 N–H and O–H groups in total. The van der Waals surface area contributed by atoms with Gasteiger partial charge in [-0.3, -0.25) is 0 Å². The second kappa shape index (κ2) is 5.53. The lowest BCUT2D eigenvalue weighted by molar-refractivity contribution is 0.238. The van der Waals surface area contributed by atoms with Gasteiger partial charge < -0.3 is 15.2 Å². The van der Waals surface area contributed by atoms with Crippen molar-refractivity contribution in [3.63, 3.8) is 0 Å². The summed E-state index contributed by atoms with van der Waals surface area (Å²) in [4.78, 5) is 11.5. The molecule has 0 bridgehead atoms. The molecular formula is C11H19N3O2. The van der Waals surface area contributed by atoms with Crippen molar-refractivity contribution in [2.45, 2.75) is 40.2 Å². The molecule has 5 heteroatoms. The number of aryl methyl sites for hydroxylation is 2. The molecule has 1 unspecified atom stereocenters. The molecule has 0 aliphatic heterocycles. The molecule has 1 aromatic rings. The van der Waals surface area contributed by atoms with E-state index in [0.29, 0.717) is 6.54 Å². The molecule has 0 aliphatic rings. The van der Waals surface area contributed by atoms with Crippen LogP contribution >= 0.6 is 0 Å². The van der Waals surface area contributed by atoms with E-state index in [2.05, 4.69) is 15.8 Å². The van der Waals surface area contributed by atoms with Crippen molar-refractivity contribution in [2.24, 2.45) is 0 Å². The Bertz CT molecular complexity index is 341. The summed E-state index contributed by atoms with van der Waals surface area (Å²) in [7, 11) is 0. The van der Waals surface area contributed by atoms with E-state index in [-0.39, 0.29) is 12.1 Å². The Morgan fingerprint density at radius 1 is 1.50 bits per heavy atom. The first-order chi connectivity index (χ1) is 7.56. The maximum Gasteiger partial charge on any atom is 0.315 e. The third-order valence-electron chi connectivity index (χ3n) is 2.40. The van der Waals surface area contributed by atoms with Crippen LogP contribution in [0.1, 0.15) is 43.3 Å². The Morgan fingerprint density at radius 3 is 2.69 bits per heavy atom. The maximum absolute atomic E-state index is 11.5. The third kappa shape index (κ3) is 2.98. The minimum atomic E-state index is -0.158. The van der Waals surface area contributed by atoms with Gasteiger partial charge in [-0.25, -0.2) is 4.79 Å². The summed E-state index contributed by atoms with van der Waals surface area (Å²) < 4.78 is 5.06. The zero-order valence-corrected chi connectivity index (χ0v) is 10.3. The van der Waals surface area contributed by atoms with Crippen LogP contribution < -0.4 is 10.6 Å². The van der Waals surface area contributed by atoms with Gasteiger partial charge in [0.25, 0.3) is 0 Å². The van der Waals surface area contributed by atoms with E-state index in [1.165, 1.54) is 0 Å². The predicted octanol–water partition coefficient (Wildman–Crippen LogP) is 2.06. The maximum atomic E-state index is 11.5. The smallest absolute Gasteiger partial charge is 0.315 e. The van der Waals surface area contributed by atoms with Crippen LogP contribution in [0.2, 0.25) is 0 Å². The molecular weight excluding hydrogens is 206 g/mol. The largest absolute Gasteiger partial charge is 0.361 e. The first-order valence-corrected chi connectivity index (χ1v) is 5.53. The van der Waals surface area contributed by atoms with Crippen molar-refractivity contribution in [1.82, 2.24) is 15.8 Å². The zero-order valence-electron chi connectivity index (χ0n) is 10.3. The highest BCUT2D eigenvalue weighted by molar-refractivity contribution is 5.74. The van der Waals surface area contributed by atoms with Crippen LogP contribution in [0.5, 0.6) is 0 Å². The van der Waals surface area contributed by atoms with Crippen LogP contribution in [0.4, 0.5) is 4.79 Å². The minimum Gasteiger partial charge on any atom is -0.361 e. The Morgan fingerprint density at radius 2 is 2.19 bits per heavy atom. The summed E-state index contributed by atoms with van der Waals surface area (Å²) in [6.07, 6.45) is 0.924. The molecule has 1 heterocycles. The highest BCUT2D eigenvalue weighted by atomic mass is 16.5. The molecule has 5 nitrogen and oxygen atoms in total. The van der Waals surface area contributed by atoms with Crippen molar-refractivity contribution in [2.75, 3.05) is 6.54 Å². The number of carbonyl (C=O) groups excluding carboxylic acids is 1. The predicted molar refractivity (Wildman–Crippen MR) is 61.2 cm³/mol. The zero-order chi connectivity index (χ0) is 12.1. The average molecular weight is 225 g/mol. The van der Waals surface area contributed by atoms with Gasteiger partial charge in [-0.1, -0.05) is 12.1 Å². The van der Waals surface area contributed by atoms with Crippen molar-refractivity contribution < 1.29 is 9.32 Å². The first-order valence-electron chi connectivity index (χ1n) is 5.53. The monoisotopic (exact) mass is 225 g/mol. The van der Waals surface area contributed by atoms with E-state index in [9.17, 15) is 4.79 Å². The average Bonchev–Trinajstić information content (AvgIpc) is 2.55. The highest BCUT2D eigenvalue weighted by Gasteiger charge is 2.17. The lowest BCUT2D eigenvalue weighted by Crippen LogP contribution is -2.37. The molecule has 1 atom stereocenters. The van der Waals surface area contributed by atoms with Crippen LogP contribution in [0.15, 0.2) is 4.52 Å². The summed E-state index contributed by atoms with van der Waals surface area (Å²) in [5.74, 6) is 0.751. The molecule has 16 heavy (non-hydrogen) atoms. The van der Waals surface area contributed by atoms with Gasteiger partial charge in [0.15, 0.2) is 0 Å². The lowest BCUT2D eigenvalue weighted by atomic mass is 10.1. The normalized spacial score (nSPS) is 12.2. The molecule has 2 amide bonds. The van der Waals surface area contributed by atoms with Crippen LogP contribution in [-0.2, 0) is 0 Å². The SMILES string of the molecule is CCCNC(=O)NC(C)c1c(C)noc1C. The fraction of sp³-hybridized carbons (Fsp3) is 0.636. The van der Waals surface area contributed by atoms with Crippen molar-refractivity contribution in [3.05, 3.63) is 17.0 Å². The molecule has 0 fully saturated rings. The van der Waals surface area contributed by atoms with E-state index in [4.69, 9.17) is 4.52 Å². The molecule has 0 saturated heterocycles. The Kier molecular flexibility index (Phi) is 4.34. The van der Waals surface area contributed by atoms with Gasteiger partial charge in [-0.2, -0.15) is 0 Å². The highest BCUT2D eigenvalue weighted by Crippen LogP contribution is 2.20. The number of urea groups is 1. The number of nitrogens with zero attached hydrogens (tertiary/aromatic N) is 1. The van der Waals surface area contributed by atoms with Gasteiger partial charge in [-0.15, -0.1) is 0 Å². The Labute approximate surface area is 95.6 Å². The second-order valence-electron chi connectivity index (χ2n) is 3.86. The van der Waals surface area contributed by atoms with Crippen molar-refractivity contribution >= 4 is 6.03 Å². The van der Waals surface area contributed by atoms with E-state index >= 15 is 0 Å². The number of hydrogen-bond donors (Lipinski definition) is 2. The number of carbonyl (C=O) groups is 1. The summed E-state index contributed by atoms with van der Waals surface area (Å²) >= 11 is 0. The van der Waals surface area contributed by atoms with Gasteiger partial charge in [0.1, 0.15) is 5.76 Å². The molecule has 0 saturated carbocycles. The standard InChI is InChI=1S/C11H19N3O2/c1-5-6-12-11(15)13-7(2)10-8(3)14-16-9(10)4/h7H,5-6H2,1-4H3,(H2,12,13,15). The number of aromatic nitrogens is 1.